The molecule has 0 amide bonds. The van der Waals surface area contributed by atoms with Crippen molar-refractivity contribution >= 4 is 11.9 Å². The summed E-state index contributed by atoms with van der Waals surface area (Å²) in [5.74, 6) is -14.5. The molecule has 0 aromatic rings. The average molecular weight is 436 g/mol. The first-order chi connectivity index (χ1) is 13.9. The molecule has 9 atom stereocenters. The van der Waals surface area contributed by atoms with Gasteiger partial charge in [-0.15, -0.1) is 0 Å². The molecule has 0 aromatic carbocycles. The molecule has 5 nitrogen and oxygen atoms in total. The quantitative estimate of drug-likeness (QED) is 0.287. The Morgan fingerprint density at radius 3 is 2.13 bits per heavy atom. The summed E-state index contributed by atoms with van der Waals surface area (Å²) >= 11 is 0. The monoisotopic (exact) mass is 436 g/mol. The van der Waals surface area contributed by atoms with E-state index in [1.807, 2.05) is 6.08 Å². The summed E-state index contributed by atoms with van der Waals surface area (Å²) < 4.78 is 88.5. The third-order valence-electron chi connectivity index (χ3n) is 8.03. The molecule has 4 aliphatic carbocycles. The van der Waals surface area contributed by atoms with Crippen LogP contribution < -0.4 is 0 Å². The third-order valence-corrected chi connectivity index (χ3v) is 8.03. The van der Waals surface area contributed by atoms with Crippen LogP contribution >= 0.6 is 0 Å². The number of alkyl halides is 5. The van der Waals surface area contributed by atoms with Gasteiger partial charge >= 0.3 is 29.8 Å². The van der Waals surface area contributed by atoms with E-state index in [0.29, 0.717) is 6.92 Å². The molecular weight excluding hydrogens is 415 g/mol. The molecule has 4 bridgehead atoms. The number of ether oxygens (including phenoxy) is 3. The standard InChI is InChI=1S/C20H21F5O5/c1-8(26)29-17-13-6-12(15-10-3-4-11(5-10)16(13)15)14(17)7-28-19(18(17,21)22,20(23,24)25)30-9(2)27/h3-4,10-16H,5-7H2,1-2H3. The molecule has 3 saturated carbocycles. The van der Waals surface area contributed by atoms with Crippen molar-refractivity contribution in [2.75, 3.05) is 6.61 Å². The fraction of sp³-hybridized carbons (Fsp3) is 0.800. The SMILES string of the molecule is CC(=O)OC12C(COC(OC(C)=O)(C(F)(F)F)C1(F)F)C1CC2C2C3C=CC(C3)C12. The second-order valence-corrected chi connectivity index (χ2v) is 9.20. The zero-order valence-electron chi connectivity index (χ0n) is 16.2. The Labute approximate surface area is 168 Å². The minimum Gasteiger partial charge on any atom is -0.452 e. The molecule has 5 rings (SSSR count). The van der Waals surface area contributed by atoms with Crippen molar-refractivity contribution in [1.82, 2.24) is 0 Å². The summed E-state index contributed by atoms with van der Waals surface area (Å²) in [5, 5.41) is 0. The summed E-state index contributed by atoms with van der Waals surface area (Å²) in [6.07, 6.45) is -0.749. The van der Waals surface area contributed by atoms with Gasteiger partial charge in [-0.05, 0) is 42.4 Å². The Bertz CT molecular complexity index is 840. The molecule has 4 fully saturated rings. The summed E-state index contributed by atoms with van der Waals surface area (Å²) in [6.45, 7) is 0.777. The highest BCUT2D eigenvalue weighted by atomic mass is 19.4. The Kier molecular flexibility index (Phi) is 3.87. The van der Waals surface area contributed by atoms with Crippen LogP contribution in [0.4, 0.5) is 22.0 Å². The van der Waals surface area contributed by atoms with Gasteiger partial charge in [-0.3, -0.25) is 9.59 Å². The number of hydrogen-bond acceptors (Lipinski definition) is 5. The van der Waals surface area contributed by atoms with E-state index in [9.17, 15) is 22.8 Å². The Balaban J connectivity index is 1.69. The molecule has 10 heteroatoms. The molecule has 0 N–H and O–H groups in total. The highest BCUT2D eigenvalue weighted by molar-refractivity contribution is 5.68. The predicted octanol–water partition coefficient (Wildman–Crippen LogP) is 3.48. The number of allylic oxidation sites excluding steroid dienone is 2. The van der Waals surface area contributed by atoms with Crippen molar-refractivity contribution in [2.45, 2.75) is 50.2 Å². The topological polar surface area (TPSA) is 61.8 Å². The largest absolute Gasteiger partial charge is 0.462 e. The van der Waals surface area contributed by atoms with Crippen molar-refractivity contribution in [3.05, 3.63) is 12.2 Å². The molecule has 0 spiro atoms. The van der Waals surface area contributed by atoms with E-state index in [1.165, 1.54) is 0 Å². The fourth-order valence-corrected chi connectivity index (χ4v) is 7.50. The summed E-state index contributed by atoms with van der Waals surface area (Å²) in [6, 6.07) is 0. The zero-order chi connectivity index (χ0) is 21.9. The van der Waals surface area contributed by atoms with E-state index < -0.39 is 53.9 Å². The first-order valence-electron chi connectivity index (χ1n) is 10.0. The molecule has 0 aromatic heterocycles. The number of carbonyl (C=O) groups is 2. The lowest BCUT2D eigenvalue weighted by molar-refractivity contribution is -0.484. The van der Waals surface area contributed by atoms with Crippen molar-refractivity contribution in [3.63, 3.8) is 0 Å². The minimum atomic E-state index is -5.74. The summed E-state index contributed by atoms with van der Waals surface area (Å²) in [4.78, 5) is 23.4. The molecule has 9 unspecified atom stereocenters. The Hall–Kier alpha value is -1.71. The summed E-state index contributed by atoms with van der Waals surface area (Å²) in [5.41, 5.74) is -2.74. The lowest BCUT2D eigenvalue weighted by atomic mass is 9.58. The van der Waals surface area contributed by atoms with Gasteiger partial charge in [0.2, 0.25) is 0 Å². The van der Waals surface area contributed by atoms with Crippen LogP contribution in [0.5, 0.6) is 0 Å². The van der Waals surface area contributed by atoms with E-state index in [-0.39, 0.29) is 36.0 Å². The van der Waals surface area contributed by atoms with Crippen LogP contribution in [0.2, 0.25) is 0 Å². The lowest BCUT2D eigenvalue weighted by Crippen LogP contribution is -2.79. The van der Waals surface area contributed by atoms with Crippen molar-refractivity contribution in [1.29, 1.82) is 0 Å². The maximum Gasteiger partial charge on any atom is 0.462 e. The number of hydrogen-bond donors (Lipinski definition) is 0. The van der Waals surface area contributed by atoms with Crippen LogP contribution in [0.25, 0.3) is 0 Å². The second-order valence-electron chi connectivity index (χ2n) is 9.20. The van der Waals surface area contributed by atoms with E-state index >= 15 is 8.78 Å². The van der Waals surface area contributed by atoms with Gasteiger partial charge in [0.1, 0.15) is 0 Å². The van der Waals surface area contributed by atoms with Gasteiger partial charge in [-0.2, -0.15) is 22.0 Å². The number of esters is 2. The molecular formula is C20H21F5O5. The van der Waals surface area contributed by atoms with Gasteiger partial charge in [-0.1, -0.05) is 12.2 Å². The van der Waals surface area contributed by atoms with Crippen LogP contribution in [0.3, 0.4) is 0 Å². The van der Waals surface area contributed by atoms with Crippen LogP contribution in [-0.2, 0) is 23.8 Å². The van der Waals surface area contributed by atoms with E-state index in [0.717, 1.165) is 13.3 Å². The Morgan fingerprint density at radius 2 is 1.57 bits per heavy atom. The molecule has 30 heavy (non-hydrogen) atoms. The number of carbonyl (C=O) groups excluding carboxylic acids is 2. The van der Waals surface area contributed by atoms with Crippen molar-refractivity contribution < 1.29 is 45.8 Å². The van der Waals surface area contributed by atoms with Crippen LogP contribution in [0.15, 0.2) is 12.2 Å². The first-order valence-corrected chi connectivity index (χ1v) is 10.0. The highest BCUT2D eigenvalue weighted by Crippen LogP contribution is 2.76. The fourth-order valence-electron chi connectivity index (χ4n) is 7.50. The van der Waals surface area contributed by atoms with E-state index in [4.69, 9.17) is 9.47 Å². The first kappa shape index (κ1) is 20.2. The van der Waals surface area contributed by atoms with Crippen LogP contribution in [-0.4, -0.2) is 42.0 Å². The highest BCUT2D eigenvalue weighted by Gasteiger charge is 2.91. The van der Waals surface area contributed by atoms with Gasteiger partial charge < -0.3 is 14.2 Å². The maximum atomic E-state index is 16.1. The van der Waals surface area contributed by atoms with E-state index in [1.54, 1.807) is 0 Å². The van der Waals surface area contributed by atoms with Crippen LogP contribution in [0, 0.1) is 41.4 Å². The van der Waals surface area contributed by atoms with E-state index in [2.05, 4.69) is 10.8 Å². The molecule has 5 aliphatic rings. The number of halogens is 5. The lowest BCUT2D eigenvalue weighted by Gasteiger charge is -2.58. The predicted molar refractivity (Wildman–Crippen MR) is 88.8 cm³/mol. The van der Waals surface area contributed by atoms with Crippen LogP contribution in [0.1, 0.15) is 26.7 Å². The van der Waals surface area contributed by atoms with Gasteiger partial charge in [-0.25, -0.2) is 0 Å². The molecule has 1 saturated heterocycles. The second kappa shape index (κ2) is 5.75. The van der Waals surface area contributed by atoms with Crippen molar-refractivity contribution in [3.8, 4) is 0 Å². The summed E-state index contributed by atoms with van der Waals surface area (Å²) in [7, 11) is 0. The average Bonchev–Trinajstić information content (AvgIpc) is 3.33. The number of fused-ring (bicyclic) bond motifs is 12. The molecule has 0 radical (unpaired) electrons. The van der Waals surface area contributed by atoms with Gasteiger partial charge in [0, 0.05) is 25.7 Å². The maximum absolute atomic E-state index is 16.1. The van der Waals surface area contributed by atoms with Gasteiger partial charge in [0.05, 0.1) is 6.61 Å². The number of rotatable bonds is 2. The third kappa shape index (κ3) is 2.06. The minimum absolute atomic E-state index is 0.0314. The Morgan fingerprint density at radius 1 is 0.967 bits per heavy atom. The molecule has 1 heterocycles. The van der Waals surface area contributed by atoms with Gasteiger partial charge in [0.15, 0.2) is 5.60 Å². The van der Waals surface area contributed by atoms with Gasteiger partial charge in [0.25, 0.3) is 0 Å². The normalized spacial score (nSPS) is 49.6. The molecule has 166 valence electrons. The zero-order valence-corrected chi connectivity index (χ0v) is 16.2. The molecule has 1 aliphatic heterocycles. The van der Waals surface area contributed by atoms with Crippen molar-refractivity contribution in [2.24, 2.45) is 41.4 Å². The smallest absolute Gasteiger partial charge is 0.452 e.